The fourth-order valence-corrected chi connectivity index (χ4v) is 1.09. The van der Waals surface area contributed by atoms with Gasteiger partial charge in [0.15, 0.2) is 0 Å². The molecule has 3 N–H and O–H groups in total. The molecule has 2 rings (SSSR count). The number of nitrogens with one attached hydrogen (secondary N) is 1. The molecular formula is C8H10N4. The van der Waals surface area contributed by atoms with Gasteiger partial charge in [0.05, 0.1) is 11.4 Å². The lowest BCUT2D eigenvalue weighted by Crippen LogP contribution is -1.92. The average Bonchev–Trinajstić information content (AvgIpc) is 2.58. The molecule has 12 heavy (non-hydrogen) atoms. The van der Waals surface area contributed by atoms with Crippen molar-refractivity contribution < 1.29 is 0 Å². The van der Waals surface area contributed by atoms with Gasteiger partial charge in [-0.2, -0.15) is 5.10 Å². The van der Waals surface area contributed by atoms with Crippen LogP contribution in [0.3, 0.4) is 0 Å². The average molecular weight is 162 g/mol. The SMILES string of the molecule is Cc1ccn(-c2c[nH]c(N)c2)n1. The van der Waals surface area contributed by atoms with Crippen LogP contribution in [0, 0.1) is 6.92 Å². The molecule has 0 unspecified atom stereocenters. The molecule has 4 nitrogen and oxygen atoms in total. The number of aryl methyl sites for hydroxylation is 1. The van der Waals surface area contributed by atoms with Crippen molar-refractivity contribution >= 4 is 5.82 Å². The van der Waals surface area contributed by atoms with Crippen LogP contribution in [0.25, 0.3) is 5.69 Å². The number of nitrogens with zero attached hydrogens (tertiary/aromatic N) is 2. The lowest BCUT2D eigenvalue weighted by atomic mass is 10.5. The molecule has 0 spiro atoms. The Morgan fingerprint density at radius 3 is 2.92 bits per heavy atom. The molecule has 62 valence electrons. The minimum Gasteiger partial charge on any atom is -0.385 e. The summed E-state index contributed by atoms with van der Waals surface area (Å²) < 4.78 is 1.78. The molecule has 4 heteroatoms. The van der Waals surface area contributed by atoms with Crippen LogP contribution in [0.2, 0.25) is 0 Å². The molecule has 0 radical (unpaired) electrons. The second-order valence-electron chi connectivity index (χ2n) is 2.71. The van der Waals surface area contributed by atoms with Crippen molar-refractivity contribution in [2.45, 2.75) is 6.92 Å². The first-order chi connectivity index (χ1) is 5.75. The highest BCUT2D eigenvalue weighted by molar-refractivity contribution is 5.42. The summed E-state index contributed by atoms with van der Waals surface area (Å²) in [5.41, 5.74) is 7.48. The normalized spacial score (nSPS) is 10.4. The summed E-state index contributed by atoms with van der Waals surface area (Å²) in [6.45, 7) is 1.95. The predicted octanol–water partition coefficient (Wildman–Crippen LogP) is 1.09. The number of hydrogen-bond donors (Lipinski definition) is 2. The minimum absolute atomic E-state index is 0.651. The number of anilines is 1. The van der Waals surface area contributed by atoms with Crippen LogP contribution in [0.1, 0.15) is 5.69 Å². The Balaban J connectivity index is 2.43. The third-order valence-electron chi connectivity index (χ3n) is 1.68. The van der Waals surface area contributed by atoms with E-state index < -0.39 is 0 Å². The standard InChI is InChI=1S/C8H10N4/c1-6-2-3-12(11-6)7-4-8(9)10-5-7/h2-5,10H,9H2,1H3. The lowest BCUT2D eigenvalue weighted by molar-refractivity contribution is 0.864. The van der Waals surface area contributed by atoms with Gasteiger partial charge in [0, 0.05) is 18.5 Å². The number of rotatable bonds is 1. The molecule has 0 aromatic carbocycles. The van der Waals surface area contributed by atoms with Crippen molar-refractivity contribution in [3.63, 3.8) is 0 Å². The summed E-state index contributed by atoms with van der Waals surface area (Å²) in [6.07, 6.45) is 3.72. The molecule has 0 aliphatic carbocycles. The van der Waals surface area contributed by atoms with E-state index >= 15 is 0 Å². The summed E-state index contributed by atoms with van der Waals surface area (Å²) in [7, 11) is 0. The van der Waals surface area contributed by atoms with Gasteiger partial charge < -0.3 is 10.7 Å². The van der Waals surface area contributed by atoms with E-state index in [2.05, 4.69) is 10.1 Å². The van der Waals surface area contributed by atoms with Crippen LogP contribution in [0.15, 0.2) is 24.5 Å². The minimum atomic E-state index is 0.651. The summed E-state index contributed by atoms with van der Waals surface area (Å²) in [6, 6.07) is 3.79. The maximum atomic E-state index is 5.53. The van der Waals surface area contributed by atoms with E-state index in [0.717, 1.165) is 11.4 Å². The molecule has 0 saturated carbocycles. The van der Waals surface area contributed by atoms with Crippen LogP contribution in [-0.4, -0.2) is 14.8 Å². The van der Waals surface area contributed by atoms with E-state index in [-0.39, 0.29) is 0 Å². The Hall–Kier alpha value is -1.71. The highest BCUT2D eigenvalue weighted by Crippen LogP contribution is 2.09. The second-order valence-corrected chi connectivity index (χ2v) is 2.71. The molecule has 2 heterocycles. The first-order valence-electron chi connectivity index (χ1n) is 3.72. The zero-order valence-corrected chi connectivity index (χ0v) is 6.78. The third kappa shape index (κ3) is 1.07. The Bertz CT molecular complexity index is 347. The van der Waals surface area contributed by atoms with E-state index in [9.17, 15) is 0 Å². The third-order valence-corrected chi connectivity index (χ3v) is 1.68. The molecule has 0 saturated heterocycles. The van der Waals surface area contributed by atoms with Gasteiger partial charge in [0.1, 0.15) is 5.82 Å². The Labute approximate surface area is 70.0 Å². The van der Waals surface area contributed by atoms with Crippen molar-refractivity contribution in [1.82, 2.24) is 14.8 Å². The predicted molar refractivity (Wildman–Crippen MR) is 47.1 cm³/mol. The van der Waals surface area contributed by atoms with Gasteiger partial charge in [-0.05, 0) is 13.0 Å². The summed E-state index contributed by atoms with van der Waals surface area (Å²) in [5, 5.41) is 4.24. The van der Waals surface area contributed by atoms with Crippen LogP contribution < -0.4 is 5.73 Å². The molecular weight excluding hydrogens is 152 g/mol. The fourth-order valence-electron chi connectivity index (χ4n) is 1.09. The molecule has 0 aliphatic heterocycles. The molecule has 0 atom stereocenters. The maximum absolute atomic E-state index is 5.53. The van der Waals surface area contributed by atoms with Crippen molar-refractivity contribution in [3.8, 4) is 5.69 Å². The topological polar surface area (TPSA) is 59.6 Å². The van der Waals surface area contributed by atoms with Gasteiger partial charge in [-0.1, -0.05) is 0 Å². The first kappa shape index (κ1) is 6.97. The maximum Gasteiger partial charge on any atom is 0.102 e. The number of hydrogen-bond acceptors (Lipinski definition) is 2. The highest BCUT2D eigenvalue weighted by Gasteiger charge is 1.98. The monoisotopic (exact) mass is 162 g/mol. The lowest BCUT2D eigenvalue weighted by Gasteiger charge is -1.93. The van der Waals surface area contributed by atoms with E-state index in [1.807, 2.05) is 31.5 Å². The molecule has 0 amide bonds. The van der Waals surface area contributed by atoms with Gasteiger partial charge in [-0.25, -0.2) is 4.68 Å². The fraction of sp³-hybridized carbons (Fsp3) is 0.125. The van der Waals surface area contributed by atoms with Gasteiger partial charge >= 0.3 is 0 Å². The number of aromatic nitrogens is 3. The zero-order chi connectivity index (χ0) is 8.55. The molecule has 0 bridgehead atoms. The van der Waals surface area contributed by atoms with Gasteiger partial charge in [-0.3, -0.25) is 0 Å². The van der Waals surface area contributed by atoms with E-state index in [0.29, 0.717) is 5.82 Å². The van der Waals surface area contributed by atoms with Crippen molar-refractivity contribution in [1.29, 1.82) is 0 Å². The Morgan fingerprint density at radius 2 is 2.42 bits per heavy atom. The molecule has 2 aromatic heterocycles. The van der Waals surface area contributed by atoms with Crippen molar-refractivity contribution in [2.24, 2.45) is 0 Å². The second kappa shape index (κ2) is 2.41. The van der Waals surface area contributed by atoms with E-state index in [1.54, 1.807) is 4.68 Å². The smallest absolute Gasteiger partial charge is 0.102 e. The Kier molecular flexibility index (Phi) is 1.40. The van der Waals surface area contributed by atoms with E-state index in [1.165, 1.54) is 0 Å². The quantitative estimate of drug-likeness (QED) is 0.659. The van der Waals surface area contributed by atoms with Crippen LogP contribution >= 0.6 is 0 Å². The number of nitrogens with two attached hydrogens (primary N) is 1. The number of H-pyrrole nitrogens is 1. The summed E-state index contributed by atoms with van der Waals surface area (Å²) in [5.74, 6) is 0.651. The van der Waals surface area contributed by atoms with Crippen LogP contribution in [0.4, 0.5) is 5.82 Å². The number of nitrogen functional groups attached to an aromatic ring is 1. The molecule has 0 aliphatic rings. The van der Waals surface area contributed by atoms with Crippen LogP contribution in [-0.2, 0) is 0 Å². The number of aromatic amines is 1. The van der Waals surface area contributed by atoms with E-state index in [4.69, 9.17) is 5.73 Å². The summed E-state index contributed by atoms with van der Waals surface area (Å²) in [4.78, 5) is 2.89. The van der Waals surface area contributed by atoms with Crippen LogP contribution in [0.5, 0.6) is 0 Å². The molecule has 0 fully saturated rings. The molecule has 2 aromatic rings. The largest absolute Gasteiger partial charge is 0.385 e. The van der Waals surface area contributed by atoms with Crippen molar-refractivity contribution in [3.05, 3.63) is 30.2 Å². The summed E-state index contributed by atoms with van der Waals surface area (Å²) >= 11 is 0. The first-order valence-corrected chi connectivity index (χ1v) is 3.72. The van der Waals surface area contributed by atoms with Crippen molar-refractivity contribution in [2.75, 3.05) is 5.73 Å². The Morgan fingerprint density at radius 1 is 1.58 bits per heavy atom. The van der Waals surface area contributed by atoms with Gasteiger partial charge in [0.2, 0.25) is 0 Å². The van der Waals surface area contributed by atoms with Gasteiger partial charge in [-0.15, -0.1) is 0 Å². The zero-order valence-electron chi connectivity index (χ0n) is 6.78. The highest BCUT2D eigenvalue weighted by atomic mass is 15.3. The van der Waals surface area contributed by atoms with Gasteiger partial charge in [0.25, 0.3) is 0 Å².